The van der Waals surface area contributed by atoms with Gasteiger partial charge in [0.2, 0.25) is 5.79 Å². The Morgan fingerprint density at radius 3 is 2.29 bits per heavy atom. The molecule has 0 spiro atoms. The fourth-order valence-electron chi connectivity index (χ4n) is 9.99. The van der Waals surface area contributed by atoms with E-state index >= 15 is 0 Å². The maximum atomic E-state index is 14.4. The Labute approximate surface area is 353 Å². The molecule has 0 aromatic rings. The number of fused-ring (bicyclic) bond motifs is 3. The third kappa shape index (κ3) is 12.2. The summed E-state index contributed by atoms with van der Waals surface area (Å²) < 4.78 is 30.6. The average Bonchev–Trinajstić information content (AvgIpc) is 3.19. The molecule has 1 amide bonds. The monoisotopic (exact) mass is 830 g/mol. The van der Waals surface area contributed by atoms with Gasteiger partial charge >= 0.3 is 5.97 Å². The number of aliphatic hydroxyl groups excluding tert-OH is 1. The van der Waals surface area contributed by atoms with Gasteiger partial charge in [0.25, 0.3) is 11.7 Å². The van der Waals surface area contributed by atoms with E-state index in [0.29, 0.717) is 38.0 Å². The maximum absolute atomic E-state index is 14.4. The Morgan fingerprint density at radius 2 is 1.66 bits per heavy atom. The predicted molar refractivity (Wildman–Crippen MR) is 225 cm³/mol. The number of hydrogen-bond acceptors (Lipinski definition) is 11. The first-order valence-corrected chi connectivity index (χ1v) is 22.2. The van der Waals surface area contributed by atoms with E-state index in [0.717, 1.165) is 30.4 Å². The maximum Gasteiger partial charge on any atom is 0.329 e. The average molecular weight is 830 g/mol. The van der Waals surface area contributed by atoms with E-state index in [1.165, 1.54) is 19.1 Å². The third-order valence-corrected chi connectivity index (χ3v) is 13.4. The van der Waals surface area contributed by atoms with Crippen LogP contribution in [-0.2, 0) is 42.9 Å². The number of carbonyl (C=O) groups excluding carboxylic acids is 4. The highest BCUT2D eigenvalue weighted by molar-refractivity contribution is 6.39. The van der Waals surface area contributed by atoms with Crippen molar-refractivity contribution in [2.24, 2.45) is 35.5 Å². The van der Waals surface area contributed by atoms with Gasteiger partial charge in [-0.1, -0.05) is 51.5 Å². The molecule has 2 bridgehead atoms. The van der Waals surface area contributed by atoms with Gasteiger partial charge < -0.3 is 38.8 Å². The second kappa shape index (κ2) is 21.9. The van der Waals surface area contributed by atoms with Crippen molar-refractivity contribution in [1.29, 1.82) is 0 Å². The molecular weight excluding hydrogens is 755 g/mol. The van der Waals surface area contributed by atoms with Crippen molar-refractivity contribution in [2.75, 3.05) is 20.8 Å². The van der Waals surface area contributed by atoms with Gasteiger partial charge in [0.1, 0.15) is 24.0 Å². The number of piperidine rings is 1. The number of rotatable bonds is 8. The van der Waals surface area contributed by atoms with E-state index < -0.39 is 77.8 Å². The van der Waals surface area contributed by atoms with Gasteiger partial charge in [0.15, 0.2) is 0 Å². The number of nitrogens with zero attached hydrogens (tertiary/aromatic N) is 1. The number of methoxy groups -OCH3 is 2. The summed E-state index contributed by atoms with van der Waals surface area (Å²) in [6.07, 6.45) is 7.58. The standard InChI is InChI=1S/C47H75NO11/c1-12-15-35-21-28(4)20-29(5)22-40(55-10)43-41(56-11)25-32(8)47(54,59-43)44(51)45(52)48-19-14-13-16-36(48)46(53)58-42(33(9)37(49)26-38(35)50)31(7)24-34-17-18-39(30(6)23-34)57-27(2)3/h12,21,24,27,29-30,32-37,39-43,49,54H,1,13-20,22-23,25-26H2,2-11H3/b28-21+,31-24+/t29-,30+,32+,33+,34+,35+,36-,37-,39+,40-,41-,42+,43-,47+/m0/s1. The number of Topliss-reactive ketones (excluding diaryl/α,β-unsaturated/α-hetero) is 2. The Balaban J connectivity index is 1.76. The van der Waals surface area contributed by atoms with Crippen LogP contribution in [0.25, 0.3) is 0 Å². The number of hydrogen-bond donors (Lipinski definition) is 2. The quantitative estimate of drug-likeness (QED) is 0.153. The summed E-state index contributed by atoms with van der Waals surface area (Å²) in [5, 5.41) is 23.8. The van der Waals surface area contributed by atoms with Gasteiger partial charge in [-0.25, -0.2) is 4.79 Å². The second-order valence-electron chi connectivity index (χ2n) is 18.6. The first kappa shape index (κ1) is 48.9. The van der Waals surface area contributed by atoms with Crippen LogP contribution in [0.15, 0.2) is 36.0 Å². The molecule has 1 saturated carbocycles. The van der Waals surface area contributed by atoms with Crippen LogP contribution in [0, 0.1) is 35.5 Å². The van der Waals surface area contributed by atoms with Crippen molar-refractivity contribution in [3.8, 4) is 0 Å². The summed E-state index contributed by atoms with van der Waals surface area (Å²) in [7, 11) is 3.08. The van der Waals surface area contributed by atoms with Gasteiger partial charge in [-0.15, -0.1) is 6.58 Å². The van der Waals surface area contributed by atoms with Crippen molar-refractivity contribution in [3.63, 3.8) is 0 Å². The smallest absolute Gasteiger partial charge is 0.329 e. The van der Waals surface area contributed by atoms with Gasteiger partial charge in [-0.05, 0) is 115 Å². The molecule has 0 unspecified atom stereocenters. The molecular formula is C47H75NO11. The zero-order valence-corrected chi connectivity index (χ0v) is 37.5. The van der Waals surface area contributed by atoms with Crippen LogP contribution in [0.1, 0.15) is 126 Å². The van der Waals surface area contributed by atoms with Crippen molar-refractivity contribution in [2.45, 2.75) is 181 Å². The topological polar surface area (TPSA) is 158 Å². The summed E-state index contributed by atoms with van der Waals surface area (Å²) in [4.78, 5) is 58.1. The van der Waals surface area contributed by atoms with Crippen molar-refractivity contribution in [1.82, 2.24) is 4.90 Å². The zero-order valence-electron chi connectivity index (χ0n) is 37.5. The molecule has 0 radical (unpaired) electrons. The van der Waals surface area contributed by atoms with E-state index in [1.54, 1.807) is 19.9 Å². The number of ether oxygens (including phenoxy) is 5. The summed E-state index contributed by atoms with van der Waals surface area (Å²) >= 11 is 0. The van der Waals surface area contributed by atoms with Gasteiger partial charge in [0, 0.05) is 44.9 Å². The fourth-order valence-corrected chi connectivity index (χ4v) is 9.99. The number of amides is 1. The van der Waals surface area contributed by atoms with Crippen molar-refractivity contribution in [3.05, 3.63) is 36.0 Å². The van der Waals surface area contributed by atoms with E-state index in [1.807, 2.05) is 33.8 Å². The summed E-state index contributed by atoms with van der Waals surface area (Å²) in [6.45, 7) is 19.6. The molecule has 1 aliphatic carbocycles. The molecule has 2 saturated heterocycles. The van der Waals surface area contributed by atoms with Crippen molar-refractivity contribution < 1.29 is 53.1 Å². The number of carbonyl (C=O) groups is 4. The highest BCUT2D eigenvalue weighted by atomic mass is 16.7. The number of esters is 1. The van der Waals surface area contributed by atoms with Crippen LogP contribution < -0.4 is 0 Å². The third-order valence-electron chi connectivity index (χ3n) is 13.4. The number of allylic oxidation sites excluding steroid dienone is 4. The van der Waals surface area contributed by atoms with Crippen LogP contribution in [0.3, 0.4) is 0 Å². The molecule has 14 atom stereocenters. The molecule has 3 fully saturated rings. The van der Waals surface area contributed by atoms with Gasteiger partial charge in [-0.2, -0.15) is 0 Å². The summed E-state index contributed by atoms with van der Waals surface area (Å²) in [5.74, 6) is -7.01. The van der Waals surface area contributed by atoms with Gasteiger partial charge in [0.05, 0.1) is 30.5 Å². The lowest BCUT2D eigenvalue weighted by molar-refractivity contribution is -0.302. The molecule has 59 heavy (non-hydrogen) atoms. The van der Waals surface area contributed by atoms with Crippen LogP contribution >= 0.6 is 0 Å². The molecule has 12 nitrogen and oxygen atoms in total. The first-order chi connectivity index (χ1) is 27.8. The minimum atomic E-state index is -2.49. The predicted octanol–water partition coefficient (Wildman–Crippen LogP) is 6.69. The number of cyclic esters (lactones) is 1. The van der Waals surface area contributed by atoms with E-state index in [9.17, 15) is 29.4 Å². The molecule has 0 aromatic carbocycles. The molecule has 3 heterocycles. The van der Waals surface area contributed by atoms with Gasteiger partial charge in [-0.3, -0.25) is 14.4 Å². The summed E-state index contributed by atoms with van der Waals surface area (Å²) in [5.41, 5.74) is 1.73. The highest BCUT2D eigenvalue weighted by Crippen LogP contribution is 2.39. The second-order valence-corrected chi connectivity index (χ2v) is 18.6. The van der Waals surface area contributed by atoms with Crippen LogP contribution in [0.2, 0.25) is 0 Å². The highest BCUT2D eigenvalue weighted by Gasteiger charge is 2.56. The van der Waals surface area contributed by atoms with Crippen molar-refractivity contribution >= 4 is 23.4 Å². The lowest BCUT2D eigenvalue weighted by atomic mass is 9.78. The van der Waals surface area contributed by atoms with Crippen LogP contribution in [0.4, 0.5) is 0 Å². The Morgan fingerprint density at radius 1 is 0.983 bits per heavy atom. The SMILES string of the molecule is C=CC[C@@H]1/C=C(\C)C[C@H](C)C[C@H](OC)[C@@H]2O[C@@](O)(C(=O)C(=O)N3CCCC[C@H]3C(=O)O[C@H](/C(C)=C/[C@@H]3CC[C@@H](OC(C)C)[C@H](C)C3)[C@H](C)[C@@H](O)CC1=O)[C@H](C)C[C@@H]2OC. The Bertz CT molecular complexity index is 1520. The molecule has 3 aliphatic heterocycles. The normalized spacial score (nSPS) is 40.1. The lowest BCUT2D eigenvalue weighted by Gasteiger charge is -2.47. The molecule has 2 N–H and O–H groups in total. The zero-order chi connectivity index (χ0) is 43.8. The van der Waals surface area contributed by atoms with Crippen LogP contribution in [0.5, 0.6) is 0 Å². The van der Waals surface area contributed by atoms with E-state index in [-0.39, 0.29) is 55.6 Å². The number of ketones is 2. The molecule has 4 rings (SSSR count). The largest absolute Gasteiger partial charge is 0.456 e. The van der Waals surface area contributed by atoms with E-state index in [2.05, 4.69) is 26.5 Å². The van der Waals surface area contributed by atoms with Crippen LogP contribution in [-0.4, -0.2) is 114 Å². The molecule has 4 aliphatic rings. The number of aliphatic hydroxyl groups is 2. The van der Waals surface area contributed by atoms with E-state index in [4.69, 9.17) is 23.7 Å². The lowest BCUT2D eigenvalue weighted by Crippen LogP contribution is -2.64. The molecule has 0 aromatic heterocycles. The molecule has 334 valence electrons. The Kier molecular flexibility index (Phi) is 18.1. The Hall–Kier alpha value is -2.74. The minimum absolute atomic E-state index is 0.0230. The summed E-state index contributed by atoms with van der Waals surface area (Å²) in [6, 6.07) is -1.11. The fraction of sp³-hybridized carbons (Fsp3) is 0.787. The first-order valence-electron chi connectivity index (χ1n) is 22.2. The molecule has 12 heteroatoms. The minimum Gasteiger partial charge on any atom is -0.456 e.